The van der Waals surface area contributed by atoms with E-state index in [2.05, 4.69) is 20.9 Å². The highest BCUT2D eigenvalue weighted by Gasteiger charge is 2.25. The maximum Gasteiger partial charge on any atom is 0.363 e. The molecule has 0 atom stereocenters. The largest absolute Gasteiger partial charge is 0.493 e. The number of esters is 2. The molecule has 1 heterocycles. The predicted octanol–water partition coefficient (Wildman–Crippen LogP) is 4.34. The molecule has 0 aromatic heterocycles. The van der Waals surface area contributed by atoms with Crippen molar-refractivity contribution in [3.05, 3.63) is 62.8 Å². The van der Waals surface area contributed by atoms with E-state index >= 15 is 0 Å². The zero-order valence-corrected chi connectivity index (χ0v) is 17.4. The van der Waals surface area contributed by atoms with E-state index in [1.807, 2.05) is 32.0 Å². The molecule has 1 aliphatic rings. The molecule has 0 unspecified atom stereocenters. The van der Waals surface area contributed by atoms with Gasteiger partial charge in [0, 0.05) is 12.5 Å². The van der Waals surface area contributed by atoms with Crippen LogP contribution < -0.4 is 9.47 Å². The van der Waals surface area contributed by atoms with E-state index in [1.54, 1.807) is 18.2 Å². The first-order valence-corrected chi connectivity index (χ1v) is 9.24. The van der Waals surface area contributed by atoms with E-state index in [9.17, 15) is 9.59 Å². The number of ether oxygens (including phenoxy) is 3. The lowest BCUT2D eigenvalue weighted by Gasteiger charge is -2.11. The summed E-state index contributed by atoms with van der Waals surface area (Å²) in [7, 11) is 1.46. The predicted molar refractivity (Wildman–Crippen MR) is 109 cm³/mol. The number of methoxy groups -OCH3 is 1. The molecule has 144 valence electrons. The molecule has 1 aliphatic heterocycles. The highest BCUT2D eigenvalue weighted by atomic mass is 79.9. The Kier molecular flexibility index (Phi) is 5.65. The fourth-order valence-corrected chi connectivity index (χ4v) is 3.17. The molecule has 0 N–H and O–H groups in total. The number of benzene rings is 2. The quantitative estimate of drug-likeness (QED) is 0.399. The Morgan fingerprint density at radius 1 is 1.18 bits per heavy atom. The van der Waals surface area contributed by atoms with Crippen LogP contribution in [-0.4, -0.2) is 24.9 Å². The third-order valence-electron chi connectivity index (χ3n) is 4.18. The second kappa shape index (κ2) is 7.98. The van der Waals surface area contributed by atoms with Crippen LogP contribution in [0.15, 0.2) is 45.5 Å². The van der Waals surface area contributed by atoms with Gasteiger partial charge in [0.15, 0.2) is 17.2 Å². The summed E-state index contributed by atoms with van der Waals surface area (Å²) in [6, 6.07) is 9.10. The summed E-state index contributed by atoms with van der Waals surface area (Å²) in [6.45, 7) is 5.30. The maximum absolute atomic E-state index is 12.2. The molecule has 0 saturated heterocycles. The van der Waals surface area contributed by atoms with Gasteiger partial charge in [0.2, 0.25) is 5.90 Å². The van der Waals surface area contributed by atoms with Crippen LogP contribution in [-0.2, 0) is 14.3 Å². The first-order chi connectivity index (χ1) is 13.3. The van der Waals surface area contributed by atoms with Crippen LogP contribution >= 0.6 is 15.9 Å². The minimum atomic E-state index is -0.535. The van der Waals surface area contributed by atoms with Gasteiger partial charge in [0.05, 0.1) is 11.6 Å². The van der Waals surface area contributed by atoms with Gasteiger partial charge in [-0.05, 0) is 76.8 Å². The minimum absolute atomic E-state index is 0.169. The van der Waals surface area contributed by atoms with Gasteiger partial charge < -0.3 is 14.2 Å². The average molecular weight is 444 g/mol. The lowest BCUT2D eigenvalue weighted by atomic mass is 10.1. The number of halogens is 1. The minimum Gasteiger partial charge on any atom is -0.493 e. The number of aryl methyl sites for hydroxylation is 2. The third kappa shape index (κ3) is 4.14. The summed E-state index contributed by atoms with van der Waals surface area (Å²) < 4.78 is 16.3. The van der Waals surface area contributed by atoms with Crippen LogP contribution in [0.3, 0.4) is 0 Å². The molecule has 0 spiro atoms. The van der Waals surface area contributed by atoms with Gasteiger partial charge in [-0.15, -0.1) is 0 Å². The Balaban J connectivity index is 1.97. The van der Waals surface area contributed by atoms with Crippen molar-refractivity contribution in [2.75, 3.05) is 7.11 Å². The van der Waals surface area contributed by atoms with Gasteiger partial charge in [-0.1, -0.05) is 6.07 Å². The number of hydrogen-bond acceptors (Lipinski definition) is 6. The molecule has 0 bridgehead atoms. The molecule has 0 saturated carbocycles. The third-order valence-corrected chi connectivity index (χ3v) is 4.76. The molecule has 0 amide bonds. The number of carbonyl (C=O) groups is 2. The molecule has 0 fully saturated rings. The number of aliphatic imine (C=N–C) groups is 1. The topological polar surface area (TPSA) is 74.2 Å². The fourth-order valence-electron chi connectivity index (χ4n) is 2.63. The molecule has 6 nitrogen and oxygen atoms in total. The van der Waals surface area contributed by atoms with E-state index < -0.39 is 11.9 Å². The summed E-state index contributed by atoms with van der Waals surface area (Å²) in [5.41, 5.74) is 3.78. The summed E-state index contributed by atoms with van der Waals surface area (Å²) >= 11 is 3.36. The Morgan fingerprint density at radius 3 is 2.57 bits per heavy atom. The summed E-state index contributed by atoms with van der Waals surface area (Å²) in [5, 5.41) is 0. The van der Waals surface area contributed by atoms with Crippen LogP contribution in [0.2, 0.25) is 0 Å². The lowest BCUT2D eigenvalue weighted by Crippen LogP contribution is -2.06. The summed E-state index contributed by atoms with van der Waals surface area (Å²) in [6.07, 6.45) is 1.58. The average Bonchev–Trinajstić information content (AvgIpc) is 2.99. The highest BCUT2D eigenvalue weighted by Crippen LogP contribution is 2.37. The number of carbonyl (C=O) groups excluding carboxylic acids is 2. The first-order valence-electron chi connectivity index (χ1n) is 8.44. The van der Waals surface area contributed by atoms with Crippen molar-refractivity contribution in [3.63, 3.8) is 0 Å². The standard InChI is InChI=1S/C21H18BrNO5/c1-11-5-6-15(7-12(11)2)20-23-17(21(25)28-20)9-14-8-16(22)19(27-13(3)24)18(10-14)26-4/h5-10H,1-4H3/b17-9+. The second-order valence-corrected chi connectivity index (χ2v) is 7.12. The smallest absolute Gasteiger partial charge is 0.363 e. The van der Waals surface area contributed by atoms with E-state index in [4.69, 9.17) is 14.2 Å². The fraction of sp³-hybridized carbons (Fsp3) is 0.190. The Hall–Kier alpha value is -2.93. The first kappa shape index (κ1) is 19.8. The van der Waals surface area contributed by atoms with Crippen molar-refractivity contribution >= 4 is 39.8 Å². The van der Waals surface area contributed by atoms with Gasteiger partial charge in [0.25, 0.3) is 0 Å². The van der Waals surface area contributed by atoms with E-state index in [-0.39, 0.29) is 17.3 Å². The lowest BCUT2D eigenvalue weighted by molar-refractivity contribution is -0.132. The molecule has 3 rings (SSSR count). The Morgan fingerprint density at radius 2 is 1.93 bits per heavy atom. The van der Waals surface area contributed by atoms with Crippen LogP contribution in [0.1, 0.15) is 29.2 Å². The zero-order valence-electron chi connectivity index (χ0n) is 15.8. The van der Waals surface area contributed by atoms with Crippen molar-refractivity contribution in [3.8, 4) is 11.5 Å². The molecular weight excluding hydrogens is 426 g/mol. The number of nitrogens with zero attached hydrogens (tertiary/aromatic N) is 1. The SMILES string of the molecule is COc1cc(/C=C2/N=C(c3ccc(C)c(C)c3)OC2=O)cc(Br)c1OC(C)=O. The van der Waals surface area contributed by atoms with Crippen LogP contribution in [0, 0.1) is 13.8 Å². The normalized spacial score (nSPS) is 14.7. The molecule has 2 aromatic carbocycles. The second-order valence-electron chi connectivity index (χ2n) is 6.26. The van der Waals surface area contributed by atoms with Crippen molar-refractivity contribution in [2.24, 2.45) is 4.99 Å². The molecule has 0 radical (unpaired) electrons. The van der Waals surface area contributed by atoms with Crippen molar-refractivity contribution in [2.45, 2.75) is 20.8 Å². The van der Waals surface area contributed by atoms with Crippen molar-refractivity contribution < 1.29 is 23.8 Å². The molecule has 7 heteroatoms. The van der Waals surface area contributed by atoms with Crippen LogP contribution in [0.4, 0.5) is 0 Å². The monoisotopic (exact) mass is 443 g/mol. The maximum atomic E-state index is 12.2. The van der Waals surface area contributed by atoms with Crippen molar-refractivity contribution in [1.82, 2.24) is 0 Å². The zero-order chi connectivity index (χ0) is 20.4. The molecule has 2 aromatic rings. The van der Waals surface area contributed by atoms with Crippen LogP contribution in [0.25, 0.3) is 6.08 Å². The van der Waals surface area contributed by atoms with Gasteiger partial charge in [0.1, 0.15) is 0 Å². The Bertz CT molecular complexity index is 1040. The van der Waals surface area contributed by atoms with E-state index in [0.29, 0.717) is 15.8 Å². The number of hydrogen-bond donors (Lipinski definition) is 0. The summed E-state index contributed by atoms with van der Waals surface area (Å²) in [4.78, 5) is 27.8. The summed E-state index contributed by atoms with van der Waals surface area (Å²) in [5.74, 6) is -0.118. The van der Waals surface area contributed by atoms with Gasteiger partial charge in [-0.3, -0.25) is 4.79 Å². The number of rotatable bonds is 4. The van der Waals surface area contributed by atoms with Gasteiger partial charge in [-0.25, -0.2) is 9.79 Å². The highest BCUT2D eigenvalue weighted by molar-refractivity contribution is 9.10. The van der Waals surface area contributed by atoms with Gasteiger partial charge >= 0.3 is 11.9 Å². The van der Waals surface area contributed by atoms with Gasteiger partial charge in [-0.2, -0.15) is 0 Å². The molecule has 28 heavy (non-hydrogen) atoms. The van der Waals surface area contributed by atoms with Crippen molar-refractivity contribution in [1.29, 1.82) is 0 Å². The van der Waals surface area contributed by atoms with E-state index in [1.165, 1.54) is 14.0 Å². The molecule has 0 aliphatic carbocycles. The Labute approximate surface area is 171 Å². The van der Waals surface area contributed by atoms with Crippen LogP contribution in [0.5, 0.6) is 11.5 Å². The molecular formula is C21H18BrNO5. The number of cyclic esters (lactones) is 1. The van der Waals surface area contributed by atoms with E-state index in [0.717, 1.165) is 16.7 Å².